The molecule has 0 saturated carbocycles. The zero-order valence-corrected chi connectivity index (χ0v) is 18.6. The summed E-state index contributed by atoms with van der Waals surface area (Å²) in [5.74, 6) is 0.283. The van der Waals surface area contributed by atoms with E-state index in [1.165, 1.54) is 17.0 Å². The van der Waals surface area contributed by atoms with Crippen molar-refractivity contribution in [2.24, 2.45) is 0 Å². The van der Waals surface area contributed by atoms with E-state index in [0.29, 0.717) is 49.8 Å². The van der Waals surface area contributed by atoms with Crippen LogP contribution in [0.25, 0.3) is 28.2 Å². The molecule has 0 atom stereocenters. The maximum absolute atomic E-state index is 13.7. The number of hydrogen-bond donors (Lipinski definition) is 2. The molecule has 1 fully saturated rings. The van der Waals surface area contributed by atoms with E-state index in [1.54, 1.807) is 18.3 Å². The molecule has 2 aliphatic rings. The highest BCUT2D eigenvalue weighted by Crippen LogP contribution is 2.37. The highest BCUT2D eigenvalue weighted by molar-refractivity contribution is 6.00. The van der Waals surface area contributed by atoms with Gasteiger partial charge in [0.15, 0.2) is 11.5 Å². The zero-order chi connectivity index (χ0) is 24.1. The average Bonchev–Trinajstić information content (AvgIpc) is 3.43. The van der Waals surface area contributed by atoms with Gasteiger partial charge in [-0.25, -0.2) is 19.2 Å². The van der Waals surface area contributed by atoms with E-state index in [1.807, 2.05) is 33.7 Å². The fourth-order valence-corrected chi connectivity index (χ4v) is 4.76. The first-order valence-corrected chi connectivity index (χ1v) is 11.3. The number of amides is 2. The number of halogens is 1. The topological polar surface area (TPSA) is 103 Å². The monoisotopic (exact) mass is 472 g/mol. The van der Waals surface area contributed by atoms with Crippen LogP contribution in [0, 0.1) is 5.82 Å². The molecule has 0 spiro atoms. The van der Waals surface area contributed by atoms with Gasteiger partial charge in [0.25, 0.3) is 0 Å². The van der Waals surface area contributed by atoms with Crippen LogP contribution in [0.1, 0.15) is 5.56 Å². The summed E-state index contributed by atoms with van der Waals surface area (Å²) in [5.41, 5.74) is 5.44. The van der Waals surface area contributed by atoms with E-state index in [9.17, 15) is 19.1 Å². The van der Waals surface area contributed by atoms with Crippen LogP contribution in [-0.4, -0.2) is 62.6 Å². The molecule has 0 unspecified atom stereocenters. The Bertz CT molecular complexity index is 1470. The summed E-state index contributed by atoms with van der Waals surface area (Å²) >= 11 is 0. The second-order valence-corrected chi connectivity index (χ2v) is 8.61. The van der Waals surface area contributed by atoms with Crippen molar-refractivity contribution in [1.82, 2.24) is 19.3 Å². The lowest BCUT2D eigenvalue weighted by atomic mass is 10.0. The second kappa shape index (κ2) is 8.08. The van der Waals surface area contributed by atoms with Crippen LogP contribution < -0.4 is 10.2 Å². The summed E-state index contributed by atoms with van der Waals surface area (Å²) in [6, 6.07) is 12.0. The molecule has 2 aromatic carbocycles. The Labute approximate surface area is 199 Å². The van der Waals surface area contributed by atoms with Gasteiger partial charge in [0, 0.05) is 55.4 Å². The zero-order valence-electron chi connectivity index (χ0n) is 18.6. The van der Waals surface area contributed by atoms with Crippen molar-refractivity contribution in [3.63, 3.8) is 0 Å². The molecular weight excluding hydrogens is 451 g/mol. The SMILES string of the molecule is O=C1Cc2cc(-c3c(-c4ccc(F)cc4)nc4c(N5CCN(C(=O)O)CC5)nccn34)ccc2N1. The Kier molecular flexibility index (Phi) is 4.87. The molecule has 10 heteroatoms. The first kappa shape index (κ1) is 21.1. The number of carbonyl (C=O) groups is 2. The van der Waals surface area contributed by atoms with Crippen LogP contribution in [0.5, 0.6) is 0 Å². The summed E-state index contributed by atoms with van der Waals surface area (Å²) in [7, 11) is 0. The van der Waals surface area contributed by atoms with Crippen molar-refractivity contribution in [2.75, 3.05) is 36.4 Å². The van der Waals surface area contributed by atoms with Gasteiger partial charge < -0.3 is 20.2 Å². The van der Waals surface area contributed by atoms with Crippen LogP contribution in [0.2, 0.25) is 0 Å². The minimum atomic E-state index is -0.929. The van der Waals surface area contributed by atoms with E-state index in [2.05, 4.69) is 10.3 Å². The van der Waals surface area contributed by atoms with Gasteiger partial charge in [-0.1, -0.05) is 6.07 Å². The van der Waals surface area contributed by atoms with Crippen molar-refractivity contribution >= 4 is 29.2 Å². The quantitative estimate of drug-likeness (QED) is 0.473. The summed E-state index contributed by atoms with van der Waals surface area (Å²) < 4.78 is 15.6. The number of benzene rings is 2. The van der Waals surface area contributed by atoms with Crippen LogP contribution in [0.4, 0.5) is 20.7 Å². The lowest BCUT2D eigenvalue weighted by Gasteiger charge is -2.33. The number of anilines is 2. The molecule has 0 bridgehead atoms. The van der Waals surface area contributed by atoms with Gasteiger partial charge >= 0.3 is 6.09 Å². The number of nitrogens with zero attached hydrogens (tertiary/aromatic N) is 5. The van der Waals surface area contributed by atoms with Crippen molar-refractivity contribution in [3.8, 4) is 22.5 Å². The van der Waals surface area contributed by atoms with Crippen molar-refractivity contribution < 1.29 is 19.1 Å². The fourth-order valence-electron chi connectivity index (χ4n) is 4.76. The molecule has 1 saturated heterocycles. The van der Waals surface area contributed by atoms with Gasteiger partial charge in [0.05, 0.1) is 17.8 Å². The van der Waals surface area contributed by atoms with Crippen LogP contribution in [0.15, 0.2) is 54.9 Å². The molecule has 2 N–H and O–H groups in total. The first-order valence-electron chi connectivity index (χ1n) is 11.3. The number of hydrogen-bond acceptors (Lipinski definition) is 5. The standard InChI is InChI=1S/C25H21FN6O3/c26-18-4-1-15(2-5-18)21-22(16-3-6-19-17(13-16)14-20(33)28-19)32-8-7-27-23(24(32)29-21)30-9-11-31(12-10-30)25(34)35/h1-8,13H,9-12,14H2,(H,28,33)(H,34,35). The first-order chi connectivity index (χ1) is 17.0. The molecule has 0 radical (unpaired) electrons. The predicted octanol–water partition coefficient (Wildman–Crippen LogP) is 3.50. The molecule has 9 nitrogen and oxygen atoms in total. The molecule has 4 heterocycles. The Morgan fingerprint density at radius 1 is 1.03 bits per heavy atom. The smallest absolute Gasteiger partial charge is 0.407 e. The molecule has 6 rings (SSSR count). The van der Waals surface area contributed by atoms with Crippen molar-refractivity contribution in [2.45, 2.75) is 6.42 Å². The van der Waals surface area contributed by atoms with Crippen LogP contribution >= 0.6 is 0 Å². The fraction of sp³-hybridized carbons (Fsp3) is 0.200. The van der Waals surface area contributed by atoms with Crippen LogP contribution in [0.3, 0.4) is 0 Å². The molecule has 2 amide bonds. The highest BCUT2D eigenvalue weighted by atomic mass is 19.1. The van der Waals surface area contributed by atoms with Gasteiger partial charge in [0.1, 0.15) is 5.82 Å². The maximum atomic E-state index is 13.7. The Hall–Kier alpha value is -4.47. The van der Waals surface area contributed by atoms with Gasteiger partial charge in [-0.2, -0.15) is 0 Å². The maximum Gasteiger partial charge on any atom is 0.407 e. The number of carboxylic acid groups (broad SMARTS) is 1. The van der Waals surface area contributed by atoms with Gasteiger partial charge in [-0.15, -0.1) is 0 Å². The number of aromatic nitrogens is 3. The molecule has 0 aliphatic carbocycles. The lowest BCUT2D eigenvalue weighted by molar-refractivity contribution is -0.115. The second-order valence-electron chi connectivity index (χ2n) is 8.61. The molecule has 2 aromatic heterocycles. The number of nitrogens with one attached hydrogen (secondary N) is 1. The van der Waals surface area contributed by atoms with E-state index in [-0.39, 0.29) is 11.7 Å². The Balaban J connectivity index is 1.51. The van der Waals surface area contributed by atoms with E-state index in [0.717, 1.165) is 28.1 Å². The highest BCUT2D eigenvalue weighted by Gasteiger charge is 2.26. The molecular formula is C25H21FN6O3. The number of rotatable bonds is 3. The third kappa shape index (κ3) is 3.63. The summed E-state index contributed by atoms with van der Waals surface area (Å²) in [4.78, 5) is 36.2. The van der Waals surface area contributed by atoms with Crippen LogP contribution in [-0.2, 0) is 11.2 Å². The largest absolute Gasteiger partial charge is 0.465 e. The molecule has 2 aliphatic heterocycles. The van der Waals surface area contributed by atoms with E-state index < -0.39 is 6.09 Å². The van der Waals surface area contributed by atoms with E-state index >= 15 is 0 Å². The average molecular weight is 472 g/mol. The van der Waals surface area contributed by atoms with Gasteiger partial charge in [-0.05, 0) is 42.0 Å². The predicted molar refractivity (Wildman–Crippen MR) is 128 cm³/mol. The number of carbonyl (C=O) groups excluding carboxylic acids is 1. The van der Waals surface area contributed by atoms with Gasteiger partial charge in [0.2, 0.25) is 5.91 Å². The van der Waals surface area contributed by atoms with Crippen molar-refractivity contribution in [1.29, 1.82) is 0 Å². The molecule has 176 valence electrons. The number of fused-ring (bicyclic) bond motifs is 2. The normalized spacial score (nSPS) is 15.4. The lowest BCUT2D eigenvalue weighted by Crippen LogP contribution is -2.48. The summed E-state index contributed by atoms with van der Waals surface area (Å²) in [5, 5.41) is 12.1. The third-order valence-corrected chi connectivity index (χ3v) is 6.49. The summed E-state index contributed by atoms with van der Waals surface area (Å²) in [6.45, 7) is 1.75. The van der Waals surface area contributed by atoms with E-state index in [4.69, 9.17) is 4.98 Å². The number of piperazine rings is 1. The Morgan fingerprint density at radius 3 is 2.51 bits per heavy atom. The minimum Gasteiger partial charge on any atom is -0.465 e. The van der Waals surface area contributed by atoms with Gasteiger partial charge in [-0.3, -0.25) is 9.20 Å². The minimum absolute atomic E-state index is 0.0407. The number of imidazole rings is 1. The Morgan fingerprint density at radius 2 is 1.77 bits per heavy atom. The third-order valence-electron chi connectivity index (χ3n) is 6.49. The summed E-state index contributed by atoms with van der Waals surface area (Å²) in [6.07, 6.45) is 2.91. The molecule has 35 heavy (non-hydrogen) atoms. The van der Waals surface area contributed by atoms with Crippen molar-refractivity contribution in [3.05, 3.63) is 66.2 Å². The molecule has 4 aromatic rings.